The van der Waals surface area contributed by atoms with Crippen LogP contribution in [-0.2, 0) is 19.1 Å². The lowest BCUT2D eigenvalue weighted by molar-refractivity contribution is -0.146. The Kier molecular flexibility index (Phi) is 4.97. The number of amides is 2. The molecule has 0 bridgehead atoms. The third-order valence-corrected chi connectivity index (χ3v) is 5.45. The van der Waals surface area contributed by atoms with Crippen LogP contribution in [0, 0.1) is 0 Å². The number of morpholine rings is 1. The molecular formula is C20H25N3O5. The van der Waals surface area contributed by atoms with Crippen LogP contribution in [0.25, 0.3) is 0 Å². The van der Waals surface area contributed by atoms with E-state index in [2.05, 4.69) is 10.2 Å². The van der Waals surface area contributed by atoms with Crippen molar-refractivity contribution < 1.29 is 23.9 Å². The Hall–Kier alpha value is -2.61. The summed E-state index contributed by atoms with van der Waals surface area (Å²) in [5.41, 5.74) is 1.85. The molecule has 1 aromatic carbocycles. The average molecular weight is 387 g/mol. The lowest BCUT2D eigenvalue weighted by atomic mass is 10.1. The van der Waals surface area contributed by atoms with Gasteiger partial charge in [-0.3, -0.25) is 9.59 Å². The highest BCUT2D eigenvalue weighted by molar-refractivity contribution is 6.05. The quantitative estimate of drug-likeness (QED) is 0.789. The Morgan fingerprint density at radius 3 is 2.75 bits per heavy atom. The third-order valence-electron chi connectivity index (χ3n) is 5.45. The predicted octanol–water partition coefficient (Wildman–Crippen LogP) is 1.40. The zero-order chi connectivity index (χ0) is 19.8. The van der Waals surface area contributed by atoms with Crippen LogP contribution in [0.1, 0.15) is 37.0 Å². The van der Waals surface area contributed by atoms with E-state index >= 15 is 0 Å². The van der Waals surface area contributed by atoms with Crippen molar-refractivity contribution in [3.8, 4) is 0 Å². The highest BCUT2D eigenvalue weighted by atomic mass is 16.5. The summed E-state index contributed by atoms with van der Waals surface area (Å²) in [6, 6.07) is 5.00. The number of nitrogens with zero attached hydrogens (tertiary/aromatic N) is 2. The molecule has 2 fully saturated rings. The number of ether oxygens (including phenoxy) is 2. The molecule has 0 saturated carbocycles. The zero-order valence-electron chi connectivity index (χ0n) is 16.1. The Balaban J connectivity index is 1.40. The standard InChI is InChI=1S/C20H25N3O5/c1-12-9-22(10-13(2)28-12)18(24)11-27-20(26)14-5-6-16-15(8-14)21-19(25)17-4-3-7-23(16)17/h5-6,8,12-13,17H,3-4,7,9-11H2,1-2H3,(H,21,25)/t12-,13-,17-/m1/s1. The summed E-state index contributed by atoms with van der Waals surface area (Å²) in [7, 11) is 0. The molecule has 0 aliphatic carbocycles. The van der Waals surface area contributed by atoms with Gasteiger partial charge in [-0.2, -0.15) is 0 Å². The maximum atomic E-state index is 12.4. The first kappa shape index (κ1) is 18.7. The first-order chi connectivity index (χ1) is 13.4. The van der Waals surface area contributed by atoms with E-state index in [1.165, 1.54) is 0 Å². The minimum absolute atomic E-state index is 0.0397. The molecule has 3 aliphatic rings. The van der Waals surface area contributed by atoms with Crippen LogP contribution in [0.4, 0.5) is 11.4 Å². The minimum atomic E-state index is -0.580. The van der Waals surface area contributed by atoms with Crippen molar-refractivity contribution in [3.63, 3.8) is 0 Å². The summed E-state index contributed by atoms with van der Waals surface area (Å²) in [6.45, 7) is 5.32. The Labute approximate surface area is 163 Å². The topological polar surface area (TPSA) is 88.2 Å². The van der Waals surface area contributed by atoms with Crippen LogP contribution in [0.3, 0.4) is 0 Å². The second-order valence-corrected chi connectivity index (χ2v) is 7.70. The van der Waals surface area contributed by atoms with Gasteiger partial charge in [-0.25, -0.2) is 4.79 Å². The number of hydrogen-bond donors (Lipinski definition) is 1. The molecule has 2 saturated heterocycles. The van der Waals surface area contributed by atoms with Crippen LogP contribution in [0.5, 0.6) is 0 Å². The normalized spacial score (nSPS) is 26.4. The van der Waals surface area contributed by atoms with Gasteiger partial charge in [0.1, 0.15) is 6.04 Å². The first-order valence-electron chi connectivity index (χ1n) is 9.74. The molecule has 1 N–H and O–H groups in total. The Morgan fingerprint density at radius 2 is 2.00 bits per heavy atom. The molecule has 3 atom stereocenters. The third kappa shape index (κ3) is 3.56. The molecule has 2 amide bonds. The van der Waals surface area contributed by atoms with Crippen LogP contribution in [0.15, 0.2) is 18.2 Å². The van der Waals surface area contributed by atoms with Gasteiger partial charge in [-0.05, 0) is 44.9 Å². The van der Waals surface area contributed by atoms with Crippen molar-refractivity contribution in [2.45, 2.75) is 44.9 Å². The Morgan fingerprint density at radius 1 is 1.25 bits per heavy atom. The molecule has 4 rings (SSSR count). The number of anilines is 2. The molecule has 0 aromatic heterocycles. The second kappa shape index (κ2) is 7.43. The van der Waals surface area contributed by atoms with Gasteiger partial charge in [0, 0.05) is 19.6 Å². The molecule has 1 aromatic rings. The van der Waals surface area contributed by atoms with Crippen LogP contribution in [0.2, 0.25) is 0 Å². The molecule has 3 heterocycles. The van der Waals surface area contributed by atoms with Gasteiger partial charge in [0.2, 0.25) is 5.91 Å². The van der Waals surface area contributed by atoms with Crippen molar-refractivity contribution >= 4 is 29.2 Å². The van der Waals surface area contributed by atoms with E-state index in [0.29, 0.717) is 24.3 Å². The number of benzene rings is 1. The van der Waals surface area contributed by atoms with Crippen molar-refractivity contribution in [3.05, 3.63) is 23.8 Å². The molecule has 8 heteroatoms. The van der Waals surface area contributed by atoms with E-state index in [-0.39, 0.29) is 36.7 Å². The molecule has 28 heavy (non-hydrogen) atoms. The van der Waals surface area contributed by atoms with Gasteiger partial charge in [0.05, 0.1) is 29.1 Å². The van der Waals surface area contributed by atoms with Crippen molar-refractivity contribution in [1.29, 1.82) is 0 Å². The molecular weight excluding hydrogens is 362 g/mol. The monoisotopic (exact) mass is 387 g/mol. The number of nitrogens with one attached hydrogen (secondary N) is 1. The van der Waals surface area contributed by atoms with Gasteiger partial charge in [-0.15, -0.1) is 0 Å². The molecule has 8 nitrogen and oxygen atoms in total. The fraction of sp³-hybridized carbons (Fsp3) is 0.550. The van der Waals surface area contributed by atoms with Crippen molar-refractivity contribution in [1.82, 2.24) is 4.90 Å². The maximum absolute atomic E-state index is 12.4. The minimum Gasteiger partial charge on any atom is -0.452 e. The smallest absolute Gasteiger partial charge is 0.338 e. The largest absolute Gasteiger partial charge is 0.452 e. The van der Waals surface area contributed by atoms with Crippen LogP contribution in [-0.4, -0.2) is 67.2 Å². The van der Waals surface area contributed by atoms with E-state index in [0.717, 1.165) is 25.1 Å². The number of fused-ring (bicyclic) bond motifs is 3. The fourth-order valence-corrected chi connectivity index (χ4v) is 4.24. The van der Waals surface area contributed by atoms with E-state index in [9.17, 15) is 14.4 Å². The highest BCUT2D eigenvalue weighted by Gasteiger charge is 2.36. The van der Waals surface area contributed by atoms with Gasteiger partial charge in [0.25, 0.3) is 5.91 Å². The average Bonchev–Trinajstić information content (AvgIpc) is 3.15. The second-order valence-electron chi connectivity index (χ2n) is 7.70. The highest BCUT2D eigenvalue weighted by Crippen LogP contribution is 2.37. The number of carbonyl (C=O) groups is 3. The summed E-state index contributed by atoms with van der Waals surface area (Å²) >= 11 is 0. The SMILES string of the molecule is C[C@@H]1CN(C(=O)COC(=O)c2ccc3c(c2)NC(=O)[C@H]2CCCN32)C[C@@H](C)O1. The van der Waals surface area contributed by atoms with E-state index in [1.807, 2.05) is 19.9 Å². The van der Waals surface area contributed by atoms with Crippen LogP contribution >= 0.6 is 0 Å². The summed E-state index contributed by atoms with van der Waals surface area (Å²) in [4.78, 5) is 40.7. The number of hydrogen-bond acceptors (Lipinski definition) is 6. The van der Waals surface area contributed by atoms with Crippen molar-refractivity contribution in [2.75, 3.05) is 36.5 Å². The number of carbonyl (C=O) groups excluding carboxylic acids is 3. The molecule has 150 valence electrons. The van der Waals surface area contributed by atoms with Gasteiger partial charge < -0.3 is 24.6 Å². The predicted molar refractivity (Wildman–Crippen MR) is 102 cm³/mol. The summed E-state index contributed by atoms with van der Waals surface area (Å²) in [6.07, 6.45) is 1.74. The fourth-order valence-electron chi connectivity index (χ4n) is 4.24. The van der Waals surface area contributed by atoms with Gasteiger partial charge in [-0.1, -0.05) is 0 Å². The summed E-state index contributed by atoms with van der Waals surface area (Å²) < 4.78 is 10.8. The summed E-state index contributed by atoms with van der Waals surface area (Å²) in [5.74, 6) is -0.855. The lowest BCUT2D eigenvalue weighted by Gasteiger charge is -2.35. The summed E-state index contributed by atoms with van der Waals surface area (Å²) in [5, 5.41) is 2.88. The molecule has 0 unspecified atom stereocenters. The van der Waals surface area contributed by atoms with Crippen molar-refractivity contribution in [2.24, 2.45) is 0 Å². The molecule has 0 radical (unpaired) electrons. The van der Waals surface area contributed by atoms with E-state index in [1.54, 1.807) is 17.0 Å². The first-order valence-corrected chi connectivity index (χ1v) is 9.74. The van der Waals surface area contributed by atoms with Gasteiger partial charge >= 0.3 is 5.97 Å². The number of rotatable bonds is 3. The van der Waals surface area contributed by atoms with E-state index < -0.39 is 5.97 Å². The van der Waals surface area contributed by atoms with Crippen LogP contribution < -0.4 is 10.2 Å². The van der Waals surface area contributed by atoms with E-state index in [4.69, 9.17) is 9.47 Å². The number of esters is 1. The maximum Gasteiger partial charge on any atom is 0.338 e. The molecule has 3 aliphatic heterocycles. The van der Waals surface area contributed by atoms with Gasteiger partial charge in [0.15, 0.2) is 6.61 Å². The lowest BCUT2D eigenvalue weighted by Crippen LogP contribution is -2.49. The Bertz CT molecular complexity index is 801. The molecule has 0 spiro atoms. The zero-order valence-corrected chi connectivity index (χ0v) is 16.1.